The molecule has 1 fully saturated rings. The van der Waals surface area contributed by atoms with Crippen LogP contribution in [0, 0.1) is 0 Å². The van der Waals surface area contributed by atoms with Crippen molar-refractivity contribution >= 4 is 5.96 Å². The molecule has 0 radical (unpaired) electrons. The van der Waals surface area contributed by atoms with Crippen molar-refractivity contribution in [3.8, 4) is 5.75 Å². The maximum absolute atomic E-state index is 12.1. The molecule has 0 aromatic heterocycles. The molecule has 9 heteroatoms. The molecule has 0 aliphatic carbocycles. The summed E-state index contributed by atoms with van der Waals surface area (Å²) in [7, 11) is 1.68. The fraction of sp³-hybridized carbons (Fsp3) is 0.632. The minimum Gasteiger partial charge on any atom is -0.484 e. The molecule has 1 aliphatic heterocycles. The largest absolute Gasteiger partial charge is 0.484 e. The molecule has 0 spiro atoms. The Morgan fingerprint density at radius 3 is 2.54 bits per heavy atom. The Morgan fingerprint density at radius 2 is 1.89 bits per heavy atom. The SMILES string of the molecule is CN=C(NCCCOC1CCOCC1)NCc1ccc(OCC(F)(F)F)cc1. The smallest absolute Gasteiger partial charge is 0.422 e. The topological polar surface area (TPSA) is 64.1 Å². The molecule has 0 atom stereocenters. The molecule has 0 amide bonds. The Hall–Kier alpha value is -2.00. The van der Waals surface area contributed by atoms with Gasteiger partial charge in [0.15, 0.2) is 12.6 Å². The second-order valence-electron chi connectivity index (χ2n) is 6.44. The number of hydrogen-bond acceptors (Lipinski definition) is 4. The van der Waals surface area contributed by atoms with Gasteiger partial charge in [0.25, 0.3) is 0 Å². The zero-order chi connectivity index (χ0) is 20.2. The molecule has 1 aromatic rings. The van der Waals surface area contributed by atoms with E-state index in [9.17, 15) is 13.2 Å². The van der Waals surface area contributed by atoms with Crippen LogP contribution in [0.25, 0.3) is 0 Å². The molecule has 28 heavy (non-hydrogen) atoms. The summed E-state index contributed by atoms with van der Waals surface area (Å²) in [6.07, 6.45) is -1.26. The van der Waals surface area contributed by atoms with Gasteiger partial charge in [-0.15, -0.1) is 0 Å². The van der Waals surface area contributed by atoms with Crippen LogP contribution in [-0.2, 0) is 16.0 Å². The summed E-state index contributed by atoms with van der Waals surface area (Å²) < 4.78 is 52.2. The van der Waals surface area contributed by atoms with Crippen LogP contribution >= 0.6 is 0 Å². The lowest BCUT2D eigenvalue weighted by Crippen LogP contribution is -2.37. The molecule has 0 saturated carbocycles. The van der Waals surface area contributed by atoms with Crippen molar-refractivity contribution in [3.63, 3.8) is 0 Å². The van der Waals surface area contributed by atoms with E-state index in [1.54, 1.807) is 19.2 Å². The van der Waals surface area contributed by atoms with Crippen LogP contribution in [0.15, 0.2) is 29.3 Å². The Bertz CT molecular complexity index is 588. The molecule has 2 N–H and O–H groups in total. The van der Waals surface area contributed by atoms with E-state index in [-0.39, 0.29) is 5.75 Å². The maximum atomic E-state index is 12.1. The summed E-state index contributed by atoms with van der Waals surface area (Å²) in [6, 6.07) is 6.47. The van der Waals surface area contributed by atoms with Gasteiger partial charge in [-0.1, -0.05) is 12.1 Å². The van der Waals surface area contributed by atoms with Gasteiger partial charge in [0.1, 0.15) is 5.75 Å². The number of ether oxygens (including phenoxy) is 3. The van der Waals surface area contributed by atoms with Crippen molar-refractivity contribution in [2.24, 2.45) is 4.99 Å². The fourth-order valence-electron chi connectivity index (χ4n) is 2.65. The number of hydrogen-bond donors (Lipinski definition) is 2. The van der Waals surface area contributed by atoms with Gasteiger partial charge in [-0.2, -0.15) is 13.2 Å². The zero-order valence-corrected chi connectivity index (χ0v) is 16.1. The number of aliphatic imine (C=N–C) groups is 1. The maximum Gasteiger partial charge on any atom is 0.422 e. The molecule has 0 bridgehead atoms. The lowest BCUT2D eigenvalue weighted by Gasteiger charge is -2.22. The van der Waals surface area contributed by atoms with E-state index < -0.39 is 12.8 Å². The summed E-state index contributed by atoms with van der Waals surface area (Å²) in [4.78, 5) is 4.15. The Labute approximate surface area is 163 Å². The van der Waals surface area contributed by atoms with E-state index in [1.807, 2.05) is 0 Å². The first-order valence-corrected chi connectivity index (χ1v) is 9.38. The summed E-state index contributed by atoms with van der Waals surface area (Å²) in [5.74, 6) is 0.844. The molecule has 1 heterocycles. The third-order valence-electron chi connectivity index (χ3n) is 4.14. The first-order chi connectivity index (χ1) is 13.5. The van der Waals surface area contributed by atoms with Crippen LogP contribution in [0.1, 0.15) is 24.8 Å². The quantitative estimate of drug-likeness (QED) is 0.377. The van der Waals surface area contributed by atoms with Crippen LogP contribution in [0.4, 0.5) is 13.2 Å². The van der Waals surface area contributed by atoms with E-state index in [2.05, 4.69) is 15.6 Å². The number of rotatable bonds is 9. The number of nitrogens with one attached hydrogen (secondary N) is 2. The van der Waals surface area contributed by atoms with Crippen molar-refractivity contribution in [1.82, 2.24) is 10.6 Å². The van der Waals surface area contributed by atoms with Gasteiger partial charge in [0.2, 0.25) is 0 Å². The third-order valence-corrected chi connectivity index (χ3v) is 4.14. The second-order valence-corrected chi connectivity index (χ2v) is 6.44. The van der Waals surface area contributed by atoms with Crippen LogP contribution in [-0.4, -0.2) is 58.3 Å². The highest BCUT2D eigenvalue weighted by molar-refractivity contribution is 5.79. The minimum absolute atomic E-state index is 0.188. The first kappa shape index (κ1) is 22.3. The molecule has 158 valence electrons. The highest BCUT2D eigenvalue weighted by atomic mass is 19.4. The van der Waals surface area contributed by atoms with E-state index in [4.69, 9.17) is 14.2 Å². The lowest BCUT2D eigenvalue weighted by atomic mass is 10.1. The predicted molar refractivity (Wildman–Crippen MR) is 101 cm³/mol. The van der Waals surface area contributed by atoms with Gasteiger partial charge in [-0.05, 0) is 37.0 Å². The Morgan fingerprint density at radius 1 is 1.18 bits per heavy atom. The van der Waals surface area contributed by atoms with E-state index in [0.29, 0.717) is 25.2 Å². The molecular formula is C19H28F3N3O3. The standard InChI is InChI=1S/C19H28F3N3O3/c1-23-18(24-9-2-10-27-17-7-11-26-12-8-17)25-13-15-3-5-16(6-4-15)28-14-19(20,21)22/h3-6,17H,2,7-14H2,1H3,(H2,23,24,25). The second kappa shape index (κ2) is 11.8. The van der Waals surface area contributed by atoms with Gasteiger partial charge in [-0.25, -0.2) is 0 Å². The van der Waals surface area contributed by atoms with Gasteiger partial charge >= 0.3 is 6.18 Å². The van der Waals surface area contributed by atoms with E-state index in [0.717, 1.165) is 44.6 Å². The zero-order valence-electron chi connectivity index (χ0n) is 16.1. The molecule has 6 nitrogen and oxygen atoms in total. The number of halogens is 3. The normalized spacial score (nSPS) is 16.1. The first-order valence-electron chi connectivity index (χ1n) is 9.38. The fourth-order valence-corrected chi connectivity index (χ4v) is 2.65. The molecular weight excluding hydrogens is 375 g/mol. The predicted octanol–water partition coefficient (Wildman–Crippen LogP) is 2.88. The number of alkyl halides is 3. The number of benzene rings is 1. The van der Waals surface area contributed by atoms with E-state index >= 15 is 0 Å². The van der Waals surface area contributed by atoms with Crippen molar-refractivity contribution < 1.29 is 27.4 Å². The number of guanidine groups is 1. The lowest BCUT2D eigenvalue weighted by molar-refractivity contribution is -0.153. The third kappa shape index (κ3) is 9.27. The van der Waals surface area contributed by atoms with Crippen molar-refractivity contribution in [3.05, 3.63) is 29.8 Å². The van der Waals surface area contributed by atoms with Gasteiger partial charge in [-0.3, -0.25) is 4.99 Å². The summed E-state index contributed by atoms with van der Waals surface area (Å²) in [6.45, 7) is 2.17. The van der Waals surface area contributed by atoms with Gasteiger partial charge in [0, 0.05) is 40.0 Å². The summed E-state index contributed by atoms with van der Waals surface area (Å²) in [5, 5.41) is 6.37. The average Bonchev–Trinajstić information content (AvgIpc) is 2.69. The van der Waals surface area contributed by atoms with Crippen molar-refractivity contribution in [2.75, 3.05) is 40.0 Å². The summed E-state index contributed by atoms with van der Waals surface area (Å²) in [5.41, 5.74) is 0.908. The molecule has 0 unspecified atom stereocenters. The molecule has 1 aromatic carbocycles. The van der Waals surface area contributed by atoms with Crippen LogP contribution in [0.3, 0.4) is 0 Å². The van der Waals surface area contributed by atoms with Crippen LogP contribution in [0.2, 0.25) is 0 Å². The summed E-state index contributed by atoms with van der Waals surface area (Å²) >= 11 is 0. The molecule has 1 saturated heterocycles. The van der Waals surface area contributed by atoms with Gasteiger partial charge in [0.05, 0.1) is 6.10 Å². The van der Waals surface area contributed by atoms with Crippen LogP contribution in [0.5, 0.6) is 5.75 Å². The Balaban J connectivity index is 1.60. The monoisotopic (exact) mass is 403 g/mol. The Kier molecular flexibility index (Phi) is 9.36. The van der Waals surface area contributed by atoms with Crippen molar-refractivity contribution in [2.45, 2.75) is 38.1 Å². The molecule has 2 rings (SSSR count). The number of nitrogens with zero attached hydrogens (tertiary/aromatic N) is 1. The van der Waals surface area contributed by atoms with Gasteiger partial charge < -0.3 is 24.8 Å². The minimum atomic E-state index is -4.34. The highest BCUT2D eigenvalue weighted by Crippen LogP contribution is 2.18. The van der Waals surface area contributed by atoms with Crippen LogP contribution < -0.4 is 15.4 Å². The molecule has 1 aliphatic rings. The van der Waals surface area contributed by atoms with E-state index in [1.165, 1.54) is 12.1 Å². The average molecular weight is 403 g/mol. The van der Waals surface area contributed by atoms with Crippen molar-refractivity contribution in [1.29, 1.82) is 0 Å². The highest BCUT2D eigenvalue weighted by Gasteiger charge is 2.28.